The Bertz CT molecular complexity index is 999. The van der Waals surface area contributed by atoms with Gasteiger partial charge in [-0.25, -0.2) is 4.39 Å². The molecular formula is C20H14F4N2OS. The number of aromatic nitrogens is 1. The third kappa shape index (κ3) is 4.35. The second kappa shape index (κ2) is 8.04. The lowest BCUT2D eigenvalue weighted by Crippen LogP contribution is -2.15. The average molecular weight is 406 g/mol. The van der Waals surface area contributed by atoms with Crippen LogP contribution in [0.4, 0.5) is 17.6 Å². The third-order valence-electron chi connectivity index (χ3n) is 4.01. The summed E-state index contributed by atoms with van der Waals surface area (Å²) in [6, 6.07) is 6.90. The first kappa shape index (κ1) is 19.9. The summed E-state index contributed by atoms with van der Waals surface area (Å²) >= 11 is 1.40. The van der Waals surface area contributed by atoms with Crippen LogP contribution in [-0.2, 0) is 6.18 Å². The molecule has 0 aliphatic heterocycles. The van der Waals surface area contributed by atoms with E-state index in [0.717, 1.165) is 6.07 Å². The lowest BCUT2D eigenvalue weighted by Gasteiger charge is -2.18. The highest BCUT2D eigenvalue weighted by Crippen LogP contribution is 2.32. The van der Waals surface area contributed by atoms with Crippen molar-refractivity contribution in [1.82, 2.24) is 4.98 Å². The van der Waals surface area contributed by atoms with Gasteiger partial charge in [-0.05, 0) is 52.7 Å². The Hall–Kier alpha value is -2.84. The van der Waals surface area contributed by atoms with E-state index in [1.807, 2.05) is 0 Å². The van der Waals surface area contributed by atoms with Crippen molar-refractivity contribution < 1.29 is 22.7 Å². The van der Waals surface area contributed by atoms with Crippen LogP contribution in [0.25, 0.3) is 6.08 Å². The molecule has 0 saturated carbocycles. The van der Waals surface area contributed by atoms with Crippen LogP contribution in [0, 0.1) is 11.2 Å². The van der Waals surface area contributed by atoms with E-state index in [0.29, 0.717) is 23.3 Å². The number of aliphatic hydroxyl groups excluding tert-OH is 1. The largest absolute Gasteiger partial charge is 0.416 e. The van der Waals surface area contributed by atoms with Gasteiger partial charge in [-0.2, -0.15) is 24.5 Å². The van der Waals surface area contributed by atoms with Crippen molar-refractivity contribution in [2.24, 2.45) is 0 Å². The number of alkyl halides is 3. The molecule has 1 aromatic carbocycles. The Kier molecular flexibility index (Phi) is 5.71. The smallest absolute Gasteiger partial charge is 0.384 e. The molecular weight excluding hydrogens is 392 g/mol. The molecule has 28 heavy (non-hydrogen) atoms. The van der Waals surface area contributed by atoms with Gasteiger partial charge in [-0.3, -0.25) is 10.4 Å². The lowest BCUT2D eigenvalue weighted by molar-refractivity contribution is -0.137. The number of hydrogen-bond acceptors (Lipinski definition) is 4. The molecule has 3 aromatic rings. The molecule has 0 aliphatic rings. The molecule has 0 fully saturated rings. The summed E-state index contributed by atoms with van der Waals surface area (Å²) in [5, 5.41) is 22.7. The van der Waals surface area contributed by atoms with Gasteiger partial charge in [-0.1, -0.05) is 6.07 Å². The van der Waals surface area contributed by atoms with Gasteiger partial charge in [-0.15, -0.1) is 0 Å². The van der Waals surface area contributed by atoms with Crippen molar-refractivity contribution in [3.8, 4) is 0 Å². The minimum Gasteiger partial charge on any atom is -0.384 e. The molecule has 144 valence electrons. The van der Waals surface area contributed by atoms with E-state index < -0.39 is 29.4 Å². The number of nitrogens with zero attached hydrogens (tertiary/aromatic N) is 1. The van der Waals surface area contributed by atoms with Gasteiger partial charge in [0.05, 0.1) is 11.3 Å². The van der Waals surface area contributed by atoms with Gasteiger partial charge in [0.1, 0.15) is 11.9 Å². The molecule has 0 radical (unpaired) electrons. The molecule has 0 spiro atoms. The third-order valence-corrected chi connectivity index (χ3v) is 4.72. The first-order valence-electron chi connectivity index (χ1n) is 8.05. The van der Waals surface area contributed by atoms with Crippen LogP contribution in [0.2, 0.25) is 0 Å². The van der Waals surface area contributed by atoms with Crippen molar-refractivity contribution in [2.45, 2.75) is 12.3 Å². The van der Waals surface area contributed by atoms with Crippen LogP contribution in [-0.4, -0.2) is 15.8 Å². The minimum absolute atomic E-state index is 0.0464. The molecule has 2 heterocycles. The van der Waals surface area contributed by atoms with Crippen LogP contribution >= 0.6 is 11.3 Å². The molecule has 3 nitrogen and oxygen atoms in total. The van der Waals surface area contributed by atoms with E-state index in [-0.39, 0.29) is 11.1 Å². The first-order valence-corrected chi connectivity index (χ1v) is 8.99. The number of halogens is 4. The summed E-state index contributed by atoms with van der Waals surface area (Å²) in [7, 11) is 0. The van der Waals surface area contributed by atoms with Crippen LogP contribution in [0.5, 0.6) is 0 Å². The molecule has 2 aromatic heterocycles. The predicted octanol–water partition coefficient (Wildman–Crippen LogP) is 5.49. The number of hydrogen-bond donors (Lipinski definition) is 2. The fourth-order valence-electron chi connectivity index (χ4n) is 2.59. The van der Waals surface area contributed by atoms with Gasteiger partial charge in [0.25, 0.3) is 0 Å². The summed E-state index contributed by atoms with van der Waals surface area (Å²) in [6.07, 6.45) is -1.57. The van der Waals surface area contributed by atoms with Crippen molar-refractivity contribution in [2.75, 3.05) is 0 Å². The first-order chi connectivity index (χ1) is 13.3. The van der Waals surface area contributed by atoms with E-state index in [4.69, 9.17) is 5.41 Å². The Morgan fingerprint density at radius 3 is 2.57 bits per heavy atom. The van der Waals surface area contributed by atoms with Crippen LogP contribution in [0.1, 0.15) is 28.4 Å². The molecule has 8 heteroatoms. The van der Waals surface area contributed by atoms with E-state index in [1.54, 1.807) is 29.0 Å². The average Bonchev–Trinajstić information content (AvgIpc) is 3.18. The normalized spacial score (nSPS) is 13.4. The second-order valence-electron chi connectivity index (χ2n) is 5.91. The summed E-state index contributed by atoms with van der Waals surface area (Å²) in [4.78, 5) is 3.92. The van der Waals surface area contributed by atoms with E-state index in [9.17, 15) is 22.7 Å². The van der Waals surface area contributed by atoms with Crippen LogP contribution < -0.4 is 0 Å². The van der Waals surface area contributed by atoms with Gasteiger partial charge in [0, 0.05) is 29.1 Å². The van der Waals surface area contributed by atoms with Gasteiger partial charge in [0.2, 0.25) is 0 Å². The molecule has 0 saturated heterocycles. The SMILES string of the molecule is N=C(C(=Cc1ccsc1)C(O)c1cccnc1)c1ccc(C(F)(F)F)cc1F. The van der Waals surface area contributed by atoms with E-state index in [2.05, 4.69) is 4.98 Å². The molecule has 0 bridgehead atoms. The second-order valence-corrected chi connectivity index (χ2v) is 6.69. The number of benzene rings is 1. The highest BCUT2D eigenvalue weighted by atomic mass is 32.1. The highest BCUT2D eigenvalue weighted by molar-refractivity contribution is 7.08. The zero-order chi connectivity index (χ0) is 20.3. The Balaban J connectivity index is 2.05. The van der Waals surface area contributed by atoms with Gasteiger partial charge in [0.15, 0.2) is 0 Å². The maximum absolute atomic E-state index is 14.4. The summed E-state index contributed by atoms with van der Waals surface area (Å²) in [5.41, 5.74) is -0.782. The highest BCUT2D eigenvalue weighted by Gasteiger charge is 2.32. The van der Waals surface area contributed by atoms with Crippen LogP contribution in [0.15, 0.2) is 65.1 Å². The standard InChI is InChI=1S/C20H14F4N2OS/c21-17-9-14(20(22,23)24)3-4-15(17)18(25)16(8-12-5-7-28-11-12)19(27)13-2-1-6-26-10-13/h1-11,19,25,27H. The topological polar surface area (TPSA) is 57.0 Å². The van der Waals surface area contributed by atoms with Crippen molar-refractivity contribution in [1.29, 1.82) is 5.41 Å². The lowest BCUT2D eigenvalue weighted by atomic mass is 9.92. The number of rotatable bonds is 5. The van der Waals surface area contributed by atoms with Gasteiger partial charge < -0.3 is 5.11 Å². The maximum Gasteiger partial charge on any atom is 0.416 e. The molecule has 1 atom stereocenters. The van der Waals surface area contributed by atoms with E-state index in [1.165, 1.54) is 29.8 Å². The summed E-state index contributed by atoms with van der Waals surface area (Å²) in [6.45, 7) is 0. The maximum atomic E-state index is 14.4. The minimum atomic E-state index is -4.69. The number of thiophene rings is 1. The fourth-order valence-corrected chi connectivity index (χ4v) is 3.21. The predicted molar refractivity (Wildman–Crippen MR) is 99.7 cm³/mol. The zero-order valence-corrected chi connectivity index (χ0v) is 15.1. The molecule has 0 aliphatic carbocycles. The Morgan fingerprint density at radius 2 is 2.00 bits per heavy atom. The fraction of sp³-hybridized carbons (Fsp3) is 0.100. The molecule has 0 amide bonds. The molecule has 2 N–H and O–H groups in total. The Morgan fingerprint density at radius 1 is 1.21 bits per heavy atom. The number of aliphatic hydroxyl groups is 1. The van der Waals surface area contributed by atoms with Crippen LogP contribution in [0.3, 0.4) is 0 Å². The summed E-state index contributed by atoms with van der Waals surface area (Å²) < 4.78 is 52.7. The molecule has 3 rings (SSSR count). The van der Waals surface area contributed by atoms with Crippen molar-refractivity contribution >= 4 is 23.1 Å². The number of nitrogens with one attached hydrogen (secondary N) is 1. The quantitative estimate of drug-likeness (QED) is 0.435. The Labute approximate surface area is 162 Å². The summed E-state index contributed by atoms with van der Waals surface area (Å²) in [5.74, 6) is -1.19. The van der Waals surface area contributed by atoms with Gasteiger partial charge >= 0.3 is 6.18 Å². The van der Waals surface area contributed by atoms with E-state index >= 15 is 0 Å². The zero-order valence-electron chi connectivity index (χ0n) is 14.2. The van der Waals surface area contributed by atoms with Crippen molar-refractivity contribution in [3.05, 3.63) is 93.2 Å². The van der Waals surface area contributed by atoms with Crippen molar-refractivity contribution in [3.63, 3.8) is 0 Å². The number of pyridine rings is 1. The monoisotopic (exact) mass is 406 g/mol. The molecule has 1 unspecified atom stereocenters.